The third kappa shape index (κ3) is 4.43. The molecule has 0 aliphatic rings. The summed E-state index contributed by atoms with van der Waals surface area (Å²) in [6.45, 7) is 1.98. The molecule has 1 amide bonds. The Bertz CT molecular complexity index is 1230. The van der Waals surface area contributed by atoms with Crippen molar-refractivity contribution in [2.75, 3.05) is 12.0 Å². The Morgan fingerprint density at radius 1 is 0.969 bits per heavy atom. The van der Waals surface area contributed by atoms with Crippen LogP contribution in [0.2, 0.25) is 10.0 Å². The van der Waals surface area contributed by atoms with Crippen LogP contribution in [0.4, 0.5) is 10.8 Å². The van der Waals surface area contributed by atoms with Gasteiger partial charge in [-0.1, -0.05) is 89.9 Å². The zero-order valence-electron chi connectivity index (χ0n) is 17.5. The summed E-state index contributed by atoms with van der Waals surface area (Å²) in [5, 5.41) is 1.13. The third-order valence-electron chi connectivity index (χ3n) is 4.98. The number of hydrogen-bond donors (Lipinski definition) is 0. The van der Waals surface area contributed by atoms with Crippen LogP contribution >= 0.6 is 34.5 Å². The maximum Gasteiger partial charge on any atom is 0.267 e. The molecule has 0 fully saturated rings. The van der Waals surface area contributed by atoms with Gasteiger partial charge in [0.05, 0.1) is 21.4 Å². The van der Waals surface area contributed by atoms with E-state index in [1.165, 1.54) is 23.3 Å². The van der Waals surface area contributed by atoms with E-state index < -0.39 is 6.10 Å². The largest absolute Gasteiger partial charge is 0.367 e. The standard InChI is InChI=1S/C25H20Cl2N2O2S/c1-16-22(17-10-5-3-6-11-17)28-25(32-16)29(20-15-9-14-19(26)21(20)27)24(30)23(31-2)18-12-7-4-8-13-18/h3-15,23H,1-2H3/t23-/m1/s1. The molecule has 0 aliphatic carbocycles. The highest BCUT2D eigenvalue weighted by Crippen LogP contribution is 2.42. The van der Waals surface area contributed by atoms with Crippen molar-refractivity contribution in [2.45, 2.75) is 13.0 Å². The maximum absolute atomic E-state index is 13.9. The Morgan fingerprint density at radius 2 is 1.62 bits per heavy atom. The van der Waals surface area contributed by atoms with E-state index >= 15 is 0 Å². The van der Waals surface area contributed by atoms with Gasteiger partial charge in [-0.2, -0.15) is 0 Å². The predicted molar refractivity (Wildman–Crippen MR) is 132 cm³/mol. The number of amides is 1. The van der Waals surface area contributed by atoms with E-state index in [0.29, 0.717) is 15.8 Å². The van der Waals surface area contributed by atoms with E-state index in [2.05, 4.69) is 0 Å². The number of carbonyl (C=O) groups excluding carboxylic acids is 1. The summed E-state index contributed by atoms with van der Waals surface area (Å²) in [6.07, 6.45) is -0.837. The normalized spacial score (nSPS) is 11.9. The summed E-state index contributed by atoms with van der Waals surface area (Å²) in [4.78, 5) is 21.2. The van der Waals surface area contributed by atoms with E-state index in [1.807, 2.05) is 67.6 Å². The average Bonchev–Trinajstić information content (AvgIpc) is 3.19. The van der Waals surface area contributed by atoms with E-state index in [9.17, 15) is 4.79 Å². The van der Waals surface area contributed by atoms with Gasteiger partial charge in [0, 0.05) is 17.6 Å². The summed E-state index contributed by atoms with van der Waals surface area (Å²) in [5.74, 6) is -0.309. The number of halogens is 2. The molecule has 162 valence electrons. The highest BCUT2D eigenvalue weighted by Gasteiger charge is 2.32. The number of rotatable bonds is 6. The maximum atomic E-state index is 13.9. The molecule has 0 saturated heterocycles. The molecule has 4 aromatic rings. The van der Waals surface area contributed by atoms with E-state index in [4.69, 9.17) is 32.9 Å². The first-order chi connectivity index (χ1) is 15.5. The van der Waals surface area contributed by atoms with Gasteiger partial charge in [-0.3, -0.25) is 9.69 Å². The lowest BCUT2D eigenvalue weighted by molar-refractivity contribution is -0.127. The Labute approximate surface area is 201 Å². The summed E-state index contributed by atoms with van der Waals surface area (Å²) in [6, 6.07) is 24.4. The van der Waals surface area contributed by atoms with Crippen LogP contribution in [0.3, 0.4) is 0 Å². The zero-order valence-corrected chi connectivity index (χ0v) is 19.8. The minimum Gasteiger partial charge on any atom is -0.367 e. The minimum absolute atomic E-state index is 0.277. The van der Waals surface area contributed by atoms with Crippen molar-refractivity contribution in [1.29, 1.82) is 0 Å². The molecule has 0 spiro atoms. The highest BCUT2D eigenvalue weighted by molar-refractivity contribution is 7.16. The number of carbonyl (C=O) groups is 1. The van der Waals surface area contributed by atoms with Crippen molar-refractivity contribution in [3.8, 4) is 11.3 Å². The van der Waals surface area contributed by atoms with Crippen LogP contribution in [0, 0.1) is 6.92 Å². The molecular formula is C25H20Cl2N2O2S. The molecule has 7 heteroatoms. The molecule has 1 aromatic heterocycles. The Morgan fingerprint density at radius 3 is 2.28 bits per heavy atom. The zero-order chi connectivity index (χ0) is 22.7. The lowest BCUT2D eigenvalue weighted by atomic mass is 10.1. The van der Waals surface area contributed by atoms with Crippen molar-refractivity contribution in [1.82, 2.24) is 4.98 Å². The predicted octanol–water partition coefficient (Wildman–Crippen LogP) is 7.48. The average molecular weight is 483 g/mol. The number of anilines is 2. The Hall–Kier alpha value is -2.70. The second-order valence-corrected chi connectivity index (χ2v) is 9.01. The van der Waals surface area contributed by atoms with Gasteiger partial charge < -0.3 is 4.74 Å². The van der Waals surface area contributed by atoms with Crippen LogP contribution in [-0.2, 0) is 9.53 Å². The van der Waals surface area contributed by atoms with Crippen molar-refractivity contribution < 1.29 is 9.53 Å². The molecule has 0 aliphatic heterocycles. The number of hydrogen-bond acceptors (Lipinski definition) is 4. The third-order valence-corrected chi connectivity index (χ3v) is 6.74. The fourth-order valence-corrected chi connectivity index (χ4v) is 4.78. The molecule has 32 heavy (non-hydrogen) atoms. The molecule has 1 atom stereocenters. The van der Waals surface area contributed by atoms with Gasteiger partial charge in [-0.25, -0.2) is 4.98 Å². The summed E-state index contributed by atoms with van der Waals surface area (Å²) >= 11 is 14.3. The first-order valence-corrected chi connectivity index (χ1v) is 11.5. The van der Waals surface area contributed by atoms with Crippen molar-refractivity contribution in [2.24, 2.45) is 0 Å². The van der Waals surface area contributed by atoms with Gasteiger partial charge in [0.25, 0.3) is 5.91 Å². The first-order valence-electron chi connectivity index (χ1n) is 9.90. The second kappa shape index (κ2) is 9.84. The number of aryl methyl sites for hydroxylation is 1. The van der Waals surface area contributed by atoms with Crippen LogP contribution < -0.4 is 4.90 Å². The quantitative estimate of drug-likeness (QED) is 0.286. The van der Waals surface area contributed by atoms with Crippen LogP contribution in [0.25, 0.3) is 11.3 Å². The molecule has 0 saturated carbocycles. The van der Waals surface area contributed by atoms with Gasteiger partial charge in [-0.15, -0.1) is 11.3 Å². The summed E-state index contributed by atoms with van der Waals surface area (Å²) < 4.78 is 5.62. The SMILES string of the molecule is CO[C@@H](C(=O)N(c1nc(-c2ccccc2)c(C)s1)c1cccc(Cl)c1Cl)c1ccccc1. The topological polar surface area (TPSA) is 42.4 Å². The minimum atomic E-state index is -0.837. The molecule has 1 heterocycles. The van der Waals surface area contributed by atoms with E-state index in [1.54, 1.807) is 18.2 Å². The van der Waals surface area contributed by atoms with Gasteiger partial charge in [0.1, 0.15) is 0 Å². The van der Waals surface area contributed by atoms with Crippen molar-refractivity contribution in [3.05, 3.63) is 99.3 Å². The highest BCUT2D eigenvalue weighted by atomic mass is 35.5. The summed E-state index contributed by atoms with van der Waals surface area (Å²) in [7, 11) is 1.51. The van der Waals surface area contributed by atoms with E-state index in [0.717, 1.165) is 21.7 Å². The van der Waals surface area contributed by atoms with E-state index in [-0.39, 0.29) is 10.9 Å². The fourth-order valence-electron chi connectivity index (χ4n) is 3.45. The number of methoxy groups -OCH3 is 1. The molecule has 4 rings (SSSR count). The van der Waals surface area contributed by atoms with Crippen molar-refractivity contribution in [3.63, 3.8) is 0 Å². The van der Waals surface area contributed by atoms with Crippen LogP contribution in [0.15, 0.2) is 78.9 Å². The number of aromatic nitrogens is 1. The molecule has 0 radical (unpaired) electrons. The van der Waals surface area contributed by atoms with Gasteiger partial charge >= 0.3 is 0 Å². The van der Waals surface area contributed by atoms with Crippen LogP contribution in [-0.4, -0.2) is 18.0 Å². The first kappa shape index (κ1) is 22.5. The fraction of sp³-hybridized carbons (Fsp3) is 0.120. The molecular weight excluding hydrogens is 463 g/mol. The molecule has 0 bridgehead atoms. The smallest absolute Gasteiger partial charge is 0.267 e. The number of thiazole rings is 1. The number of benzene rings is 3. The molecule has 0 N–H and O–H groups in total. The van der Waals surface area contributed by atoms with Gasteiger partial charge in [0.15, 0.2) is 11.2 Å². The summed E-state index contributed by atoms with van der Waals surface area (Å²) in [5.41, 5.74) is 2.98. The Balaban J connectivity index is 1.86. The van der Waals surface area contributed by atoms with Gasteiger partial charge in [0.2, 0.25) is 0 Å². The lowest BCUT2D eigenvalue weighted by Crippen LogP contribution is -2.32. The molecule has 4 nitrogen and oxygen atoms in total. The van der Waals surface area contributed by atoms with Crippen LogP contribution in [0.1, 0.15) is 16.5 Å². The lowest BCUT2D eigenvalue weighted by Gasteiger charge is -2.26. The number of ether oxygens (including phenoxy) is 1. The monoisotopic (exact) mass is 482 g/mol. The molecule has 0 unspecified atom stereocenters. The van der Waals surface area contributed by atoms with Gasteiger partial charge in [-0.05, 0) is 24.6 Å². The molecule has 3 aromatic carbocycles. The van der Waals surface area contributed by atoms with Crippen LogP contribution in [0.5, 0.6) is 0 Å². The Kier molecular flexibility index (Phi) is 6.92. The van der Waals surface area contributed by atoms with Crippen molar-refractivity contribution >= 4 is 51.3 Å². The number of nitrogens with zero attached hydrogens (tertiary/aromatic N) is 2. The second-order valence-electron chi connectivity index (χ2n) is 7.04.